The fourth-order valence-corrected chi connectivity index (χ4v) is 12.3. The molecule has 6 aliphatic rings. The minimum atomic E-state index is -1.76. The minimum Gasteiger partial charge on any atom is -0.455 e. The standard InChI is InChI=1S/C33H45NO10/c1-17(35)44-33-21-19(14-31(38,28(42-6)26(33)36)27(21)43-29(37)18-10-8-7-9-11-18)32-20(40-4)12-13-30(16-39-3)15-34(2)25(32)22(33)23(41-5)24(30)32/h7-11,19-28,36,38H,12-16H2,1-6H3/t19-,20+,21-,22?,23+,24-,25?,26+,27-,28+,30+,31-,32+,33-/m1/s1. The number of aliphatic hydroxyl groups is 2. The number of hydrogen-bond acceptors (Lipinski definition) is 11. The molecule has 1 spiro atoms. The maximum atomic E-state index is 13.7. The zero-order valence-corrected chi connectivity index (χ0v) is 26.3. The summed E-state index contributed by atoms with van der Waals surface area (Å²) < 4.78 is 37.5. The monoisotopic (exact) mass is 615 g/mol. The maximum absolute atomic E-state index is 13.7. The van der Waals surface area contributed by atoms with Gasteiger partial charge in [0.2, 0.25) is 0 Å². The second-order valence-electron chi connectivity index (χ2n) is 14.2. The van der Waals surface area contributed by atoms with Crippen molar-refractivity contribution in [2.45, 2.75) is 73.9 Å². The summed E-state index contributed by atoms with van der Waals surface area (Å²) in [5.41, 5.74) is -3.93. The summed E-state index contributed by atoms with van der Waals surface area (Å²) in [6.07, 6.45) is -2.66. The third-order valence-corrected chi connectivity index (χ3v) is 12.8. The van der Waals surface area contributed by atoms with Gasteiger partial charge >= 0.3 is 11.9 Å². The Kier molecular flexibility index (Phi) is 7.07. The first-order valence-electron chi connectivity index (χ1n) is 15.7. The van der Waals surface area contributed by atoms with Gasteiger partial charge in [-0.2, -0.15) is 0 Å². The third-order valence-electron chi connectivity index (χ3n) is 12.8. The van der Waals surface area contributed by atoms with Crippen molar-refractivity contribution in [2.24, 2.45) is 34.5 Å². The first-order chi connectivity index (χ1) is 21.0. The number of likely N-dealkylation sites (tertiary alicyclic amines) is 1. The van der Waals surface area contributed by atoms with Crippen LogP contribution in [0.2, 0.25) is 0 Å². The summed E-state index contributed by atoms with van der Waals surface area (Å²) in [6, 6.07) is 8.39. The average molecular weight is 616 g/mol. The van der Waals surface area contributed by atoms with Crippen LogP contribution in [0.15, 0.2) is 30.3 Å². The number of methoxy groups -OCH3 is 4. The van der Waals surface area contributed by atoms with E-state index in [-0.39, 0.29) is 35.8 Å². The van der Waals surface area contributed by atoms with Gasteiger partial charge in [-0.25, -0.2) is 4.79 Å². The van der Waals surface area contributed by atoms with Crippen molar-refractivity contribution in [3.63, 3.8) is 0 Å². The van der Waals surface area contributed by atoms with Crippen molar-refractivity contribution in [2.75, 3.05) is 48.6 Å². The second-order valence-corrected chi connectivity index (χ2v) is 14.2. The Labute approximate surface area is 258 Å². The molecule has 0 aromatic heterocycles. The number of fused-ring (bicyclic) bond motifs is 2. The van der Waals surface area contributed by atoms with E-state index in [4.69, 9.17) is 28.4 Å². The third kappa shape index (κ3) is 3.41. The molecule has 14 atom stereocenters. The minimum absolute atomic E-state index is 0.103. The molecule has 1 aliphatic heterocycles. The van der Waals surface area contributed by atoms with Gasteiger partial charge in [0, 0.05) is 76.5 Å². The lowest BCUT2D eigenvalue weighted by Gasteiger charge is -2.69. The molecule has 0 radical (unpaired) electrons. The van der Waals surface area contributed by atoms with Crippen LogP contribution in [0.5, 0.6) is 0 Å². The Morgan fingerprint density at radius 2 is 1.75 bits per heavy atom. The number of rotatable bonds is 8. The molecule has 11 nitrogen and oxygen atoms in total. The van der Waals surface area contributed by atoms with Crippen molar-refractivity contribution in [1.29, 1.82) is 0 Å². The van der Waals surface area contributed by atoms with Gasteiger partial charge in [-0.05, 0) is 44.4 Å². The van der Waals surface area contributed by atoms with E-state index in [0.29, 0.717) is 12.2 Å². The Hall–Kier alpha value is -2.12. The van der Waals surface area contributed by atoms with E-state index in [1.54, 1.807) is 45.6 Å². The molecular formula is C33H45NO10. The number of carbonyl (C=O) groups excluding carboxylic acids is 2. The van der Waals surface area contributed by atoms with Gasteiger partial charge in [0.15, 0.2) is 5.60 Å². The predicted molar refractivity (Wildman–Crippen MR) is 154 cm³/mol. The number of nitrogens with zero attached hydrogens (tertiary/aromatic N) is 1. The second kappa shape index (κ2) is 10.2. The number of carbonyl (C=O) groups is 2. The fraction of sp³-hybridized carbons (Fsp3) is 0.758. The first-order valence-corrected chi connectivity index (χ1v) is 15.7. The van der Waals surface area contributed by atoms with E-state index in [2.05, 4.69) is 11.9 Å². The summed E-state index contributed by atoms with van der Waals surface area (Å²) in [4.78, 5) is 29.2. The molecule has 11 heteroatoms. The van der Waals surface area contributed by atoms with E-state index >= 15 is 0 Å². The number of aliphatic hydroxyl groups excluding tert-OH is 1. The van der Waals surface area contributed by atoms with Crippen LogP contribution in [0.3, 0.4) is 0 Å². The van der Waals surface area contributed by atoms with Crippen LogP contribution in [-0.2, 0) is 33.2 Å². The van der Waals surface area contributed by atoms with Crippen molar-refractivity contribution < 1.29 is 48.2 Å². The molecule has 2 N–H and O–H groups in total. The summed E-state index contributed by atoms with van der Waals surface area (Å²) in [6.45, 7) is 2.56. The Morgan fingerprint density at radius 3 is 2.36 bits per heavy atom. The van der Waals surface area contributed by atoms with E-state index in [1.165, 1.54) is 14.0 Å². The summed E-state index contributed by atoms with van der Waals surface area (Å²) in [7, 11) is 8.63. The molecule has 242 valence electrons. The quantitative estimate of drug-likeness (QED) is 0.410. The summed E-state index contributed by atoms with van der Waals surface area (Å²) in [5.74, 6) is -2.96. The van der Waals surface area contributed by atoms with E-state index < -0.39 is 64.8 Å². The predicted octanol–water partition coefficient (Wildman–Crippen LogP) is 1.29. The molecule has 7 rings (SSSR count). The molecule has 44 heavy (non-hydrogen) atoms. The highest BCUT2D eigenvalue weighted by molar-refractivity contribution is 5.89. The molecule has 1 saturated heterocycles. The van der Waals surface area contributed by atoms with Crippen LogP contribution in [0.1, 0.15) is 36.5 Å². The van der Waals surface area contributed by atoms with E-state index in [0.717, 1.165) is 19.4 Å². The van der Waals surface area contributed by atoms with Crippen LogP contribution >= 0.6 is 0 Å². The zero-order valence-electron chi connectivity index (χ0n) is 26.3. The van der Waals surface area contributed by atoms with Gasteiger partial charge in [-0.3, -0.25) is 4.79 Å². The fourth-order valence-electron chi connectivity index (χ4n) is 12.3. The van der Waals surface area contributed by atoms with Gasteiger partial charge in [-0.15, -0.1) is 0 Å². The molecule has 1 aromatic carbocycles. The number of piperidine rings is 1. The average Bonchev–Trinajstić information content (AvgIpc) is 3.39. The largest absolute Gasteiger partial charge is 0.455 e. The van der Waals surface area contributed by atoms with Gasteiger partial charge in [0.05, 0.1) is 24.4 Å². The summed E-state index contributed by atoms with van der Waals surface area (Å²) >= 11 is 0. The Balaban J connectivity index is 1.51. The van der Waals surface area contributed by atoms with Crippen LogP contribution in [-0.4, -0.2) is 123 Å². The smallest absolute Gasteiger partial charge is 0.338 e. The number of hydrogen-bond donors (Lipinski definition) is 2. The molecule has 1 aromatic rings. The van der Waals surface area contributed by atoms with Crippen molar-refractivity contribution in [1.82, 2.24) is 4.90 Å². The highest BCUT2D eigenvalue weighted by Gasteiger charge is 2.91. The molecule has 7 bridgehead atoms. The first kappa shape index (κ1) is 30.5. The highest BCUT2D eigenvalue weighted by Crippen LogP contribution is 2.80. The molecule has 1 heterocycles. The molecule has 0 amide bonds. The topological polar surface area (TPSA) is 133 Å². The van der Waals surface area contributed by atoms with Crippen molar-refractivity contribution in [3.05, 3.63) is 35.9 Å². The van der Waals surface area contributed by atoms with Gasteiger partial charge in [-0.1, -0.05) is 18.2 Å². The van der Waals surface area contributed by atoms with Crippen LogP contribution in [0.4, 0.5) is 0 Å². The Bertz CT molecular complexity index is 1310. The lowest BCUT2D eigenvalue weighted by molar-refractivity contribution is -0.316. The SMILES string of the molecule is COC[C@@]12CC[C@H](OC)[C@]34C(C([C@H](OC)[C@H]13)[C@]1(OC(C)=O)[C@H]3[C@@H](OC(=O)c5ccccc5)[C@](O)(C[C@H]34)[C@@H](OC)[C@@H]1O)N(C)C2. The van der Waals surface area contributed by atoms with E-state index in [1.807, 2.05) is 6.07 Å². The molecule has 5 saturated carbocycles. The zero-order chi connectivity index (χ0) is 31.4. The Morgan fingerprint density at radius 1 is 1.02 bits per heavy atom. The van der Waals surface area contributed by atoms with Gasteiger partial charge < -0.3 is 43.5 Å². The van der Waals surface area contributed by atoms with E-state index in [9.17, 15) is 19.8 Å². The highest BCUT2D eigenvalue weighted by atomic mass is 16.6. The molecule has 6 fully saturated rings. The maximum Gasteiger partial charge on any atom is 0.338 e. The van der Waals surface area contributed by atoms with Crippen LogP contribution < -0.4 is 0 Å². The number of ether oxygens (including phenoxy) is 6. The normalized spacial score (nSPS) is 49.9. The van der Waals surface area contributed by atoms with Crippen LogP contribution in [0.25, 0.3) is 0 Å². The lowest BCUT2D eigenvalue weighted by Crippen LogP contribution is -2.80. The van der Waals surface area contributed by atoms with Gasteiger partial charge in [0.1, 0.15) is 23.9 Å². The lowest BCUT2D eigenvalue weighted by atomic mass is 9.43. The van der Waals surface area contributed by atoms with Crippen molar-refractivity contribution >= 4 is 11.9 Å². The van der Waals surface area contributed by atoms with Gasteiger partial charge in [0.25, 0.3) is 0 Å². The summed E-state index contributed by atoms with van der Waals surface area (Å²) in [5, 5.41) is 25.1. The molecule has 5 aliphatic carbocycles. The van der Waals surface area contributed by atoms with Crippen molar-refractivity contribution in [3.8, 4) is 0 Å². The number of esters is 2. The number of benzene rings is 1. The molecular weight excluding hydrogens is 570 g/mol. The molecule has 2 unspecified atom stereocenters. The van der Waals surface area contributed by atoms with Crippen LogP contribution in [0, 0.1) is 34.5 Å².